The molecule has 0 radical (unpaired) electrons. The molecule has 0 aliphatic carbocycles. The van der Waals surface area contributed by atoms with Gasteiger partial charge in [-0.1, -0.05) is 23.4 Å². The van der Waals surface area contributed by atoms with Crippen molar-refractivity contribution in [3.63, 3.8) is 0 Å². The summed E-state index contributed by atoms with van der Waals surface area (Å²) in [4.78, 5) is 19.0. The summed E-state index contributed by atoms with van der Waals surface area (Å²) in [6.45, 7) is 3.91. The van der Waals surface area contributed by atoms with E-state index in [0.717, 1.165) is 71.0 Å². The van der Waals surface area contributed by atoms with E-state index in [0.29, 0.717) is 30.7 Å². The molecule has 2 aliphatic heterocycles. The van der Waals surface area contributed by atoms with Crippen LogP contribution < -0.4 is 5.32 Å². The molecule has 1 N–H and O–H groups in total. The van der Waals surface area contributed by atoms with E-state index in [2.05, 4.69) is 25.5 Å². The molecular formula is C28H26F3N7O4S. The van der Waals surface area contributed by atoms with Gasteiger partial charge in [0.15, 0.2) is 0 Å². The second-order valence-corrected chi connectivity index (χ2v) is 12.0. The maximum Gasteiger partial charge on any atom is 0.416 e. The molecule has 11 nitrogen and oxygen atoms in total. The molecule has 43 heavy (non-hydrogen) atoms. The summed E-state index contributed by atoms with van der Waals surface area (Å²) in [5.74, 6) is -0.658. The monoisotopic (exact) mass is 613 g/mol. The Hall–Kier alpha value is -4.34. The van der Waals surface area contributed by atoms with Crippen molar-refractivity contribution in [3.05, 3.63) is 90.1 Å². The van der Waals surface area contributed by atoms with Gasteiger partial charge in [0.25, 0.3) is 10.0 Å². The summed E-state index contributed by atoms with van der Waals surface area (Å²) in [5.41, 5.74) is 1.74. The Bertz CT molecular complexity index is 1800. The topological polar surface area (TPSA) is 123 Å². The maximum absolute atomic E-state index is 13.4. The number of alkyl halides is 3. The summed E-state index contributed by atoms with van der Waals surface area (Å²) >= 11 is 0. The standard InChI is InChI=1S/C28H26F3N7O4S/c29-28(30,31)20-2-1-3-22(15-20)43(40,41)38-9-8-33-27(39)26(38)16-21-18-37(35-34-21)25-6-7-32-24-14-19(4-5-23(24)25)17-36-10-12-42-13-11-36/h1-9,14-15,18,26H,10-13,16-17H2,(H,33,39). The van der Waals surface area contributed by atoms with Crippen LogP contribution in [0.2, 0.25) is 0 Å². The van der Waals surface area contributed by atoms with Crippen molar-refractivity contribution in [2.24, 2.45) is 0 Å². The van der Waals surface area contributed by atoms with Crippen molar-refractivity contribution < 1.29 is 31.1 Å². The number of rotatable bonds is 7. The number of halogens is 3. The number of nitrogens with one attached hydrogen (secondary N) is 1. The number of ether oxygens (including phenoxy) is 1. The Balaban J connectivity index is 1.25. The molecule has 1 saturated heterocycles. The third-order valence-corrected chi connectivity index (χ3v) is 9.06. The summed E-state index contributed by atoms with van der Waals surface area (Å²) < 4.78 is 74.3. The minimum Gasteiger partial charge on any atom is -0.379 e. The molecule has 6 rings (SSSR count). The number of fused-ring (bicyclic) bond motifs is 1. The van der Waals surface area contributed by atoms with Gasteiger partial charge in [0.1, 0.15) is 6.04 Å². The van der Waals surface area contributed by atoms with Crippen molar-refractivity contribution in [2.45, 2.75) is 30.1 Å². The summed E-state index contributed by atoms with van der Waals surface area (Å²) in [5, 5.41) is 11.6. The first kappa shape index (κ1) is 28.8. The number of sulfonamides is 1. The van der Waals surface area contributed by atoms with E-state index in [4.69, 9.17) is 4.74 Å². The molecule has 4 aromatic rings. The van der Waals surface area contributed by atoms with E-state index in [1.54, 1.807) is 18.5 Å². The number of hydrogen-bond donors (Lipinski definition) is 1. The fourth-order valence-electron chi connectivity index (χ4n) is 5.10. The summed E-state index contributed by atoms with van der Waals surface area (Å²) in [7, 11) is -4.52. The van der Waals surface area contributed by atoms with Crippen LogP contribution >= 0.6 is 0 Å². The highest BCUT2D eigenvalue weighted by Gasteiger charge is 2.38. The number of amides is 1. The molecule has 4 heterocycles. The Morgan fingerprint density at radius 2 is 1.88 bits per heavy atom. The lowest BCUT2D eigenvalue weighted by Crippen LogP contribution is -2.50. The van der Waals surface area contributed by atoms with Gasteiger partial charge in [-0.2, -0.15) is 13.2 Å². The predicted molar refractivity (Wildman–Crippen MR) is 148 cm³/mol. The molecule has 224 valence electrons. The van der Waals surface area contributed by atoms with Gasteiger partial charge in [-0.25, -0.2) is 13.1 Å². The molecule has 1 atom stereocenters. The van der Waals surface area contributed by atoms with Crippen LogP contribution in [0.5, 0.6) is 0 Å². The summed E-state index contributed by atoms with van der Waals surface area (Å²) in [6.07, 6.45) is 0.548. The molecule has 0 spiro atoms. The Kier molecular flexibility index (Phi) is 7.62. The molecule has 2 aliphatic rings. The van der Waals surface area contributed by atoms with Crippen LogP contribution in [0, 0.1) is 0 Å². The number of nitrogens with zero attached hydrogens (tertiary/aromatic N) is 6. The normalized spacial score (nSPS) is 18.3. The quantitative estimate of drug-likeness (QED) is 0.338. The largest absolute Gasteiger partial charge is 0.416 e. The van der Waals surface area contributed by atoms with E-state index < -0.39 is 38.6 Å². The van der Waals surface area contributed by atoms with Crippen LogP contribution in [-0.2, 0) is 38.7 Å². The zero-order chi connectivity index (χ0) is 30.2. The highest BCUT2D eigenvalue weighted by Crippen LogP contribution is 2.32. The molecule has 2 aromatic carbocycles. The fourth-order valence-corrected chi connectivity index (χ4v) is 6.59. The molecule has 1 fully saturated rings. The lowest BCUT2D eigenvalue weighted by molar-refractivity contribution is -0.137. The molecule has 15 heteroatoms. The van der Waals surface area contributed by atoms with Gasteiger partial charge in [-0.05, 0) is 35.9 Å². The third-order valence-electron chi connectivity index (χ3n) is 7.28. The number of benzene rings is 2. The highest BCUT2D eigenvalue weighted by molar-refractivity contribution is 7.89. The van der Waals surface area contributed by atoms with E-state index in [1.807, 2.05) is 18.2 Å². The van der Waals surface area contributed by atoms with Gasteiger partial charge >= 0.3 is 6.18 Å². The van der Waals surface area contributed by atoms with Crippen LogP contribution in [-0.4, -0.2) is 75.9 Å². The Labute approximate surface area is 244 Å². The molecule has 2 aromatic heterocycles. The molecule has 0 bridgehead atoms. The first-order chi connectivity index (χ1) is 20.6. The molecule has 1 amide bonds. The van der Waals surface area contributed by atoms with E-state index in [9.17, 15) is 26.4 Å². The second kappa shape index (κ2) is 11.4. The molecule has 0 saturated carbocycles. The van der Waals surface area contributed by atoms with Gasteiger partial charge in [-0.3, -0.25) is 19.0 Å². The SMILES string of the molecule is O=C1NC=CN(S(=O)(=O)c2cccc(C(F)(F)F)c2)C1Cc1cn(-c2ccnc3cc(CN4CCOCC4)ccc23)nn1. The number of carbonyl (C=O) groups is 1. The lowest BCUT2D eigenvalue weighted by atomic mass is 10.1. The Morgan fingerprint density at radius 3 is 2.67 bits per heavy atom. The second-order valence-electron chi connectivity index (χ2n) is 10.1. The minimum atomic E-state index is -4.74. The zero-order valence-electron chi connectivity index (χ0n) is 22.6. The fraction of sp³-hybridized carbons (Fsp3) is 0.286. The van der Waals surface area contributed by atoms with Crippen LogP contribution in [0.15, 0.2) is 78.2 Å². The average Bonchev–Trinajstić information content (AvgIpc) is 3.46. The minimum absolute atomic E-state index is 0.179. The smallest absolute Gasteiger partial charge is 0.379 e. The van der Waals surface area contributed by atoms with Gasteiger partial charge in [-0.15, -0.1) is 5.10 Å². The number of carbonyl (C=O) groups excluding carboxylic acids is 1. The van der Waals surface area contributed by atoms with Crippen molar-refractivity contribution >= 4 is 26.8 Å². The van der Waals surface area contributed by atoms with E-state index in [1.165, 1.54) is 4.68 Å². The summed E-state index contributed by atoms with van der Waals surface area (Å²) in [6, 6.07) is 9.84. The first-order valence-corrected chi connectivity index (χ1v) is 14.8. The average molecular weight is 614 g/mol. The predicted octanol–water partition coefficient (Wildman–Crippen LogP) is 2.87. The lowest BCUT2D eigenvalue weighted by Gasteiger charge is -2.31. The number of hydrogen-bond acceptors (Lipinski definition) is 8. The van der Waals surface area contributed by atoms with Gasteiger partial charge in [0.2, 0.25) is 5.91 Å². The number of pyridine rings is 1. The third kappa shape index (κ3) is 5.96. The highest BCUT2D eigenvalue weighted by atomic mass is 32.2. The van der Waals surface area contributed by atoms with Crippen molar-refractivity contribution in [3.8, 4) is 5.69 Å². The van der Waals surface area contributed by atoms with Crippen LogP contribution in [0.25, 0.3) is 16.6 Å². The van der Waals surface area contributed by atoms with E-state index in [-0.39, 0.29) is 6.42 Å². The van der Waals surface area contributed by atoms with Crippen LogP contribution in [0.3, 0.4) is 0 Å². The molecule has 1 unspecified atom stereocenters. The first-order valence-electron chi connectivity index (χ1n) is 13.4. The van der Waals surface area contributed by atoms with Gasteiger partial charge in [0, 0.05) is 50.0 Å². The Morgan fingerprint density at radius 1 is 1.07 bits per heavy atom. The maximum atomic E-state index is 13.4. The van der Waals surface area contributed by atoms with Gasteiger partial charge in [0.05, 0.1) is 46.8 Å². The zero-order valence-corrected chi connectivity index (χ0v) is 23.4. The number of morpholine rings is 1. The van der Waals surface area contributed by atoms with Gasteiger partial charge < -0.3 is 10.1 Å². The van der Waals surface area contributed by atoms with Crippen molar-refractivity contribution in [1.29, 1.82) is 0 Å². The number of aromatic nitrogens is 4. The van der Waals surface area contributed by atoms with Crippen molar-refractivity contribution in [2.75, 3.05) is 26.3 Å². The van der Waals surface area contributed by atoms with E-state index >= 15 is 0 Å². The molecular weight excluding hydrogens is 587 g/mol. The van der Waals surface area contributed by atoms with Crippen LogP contribution in [0.1, 0.15) is 16.8 Å². The van der Waals surface area contributed by atoms with Crippen LogP contribution in [0.4, 0.5) is 13.2 Å². The van der Waals surface area contributed by atoms with Crippen molar-refractivity contribution in [1.82, 2.24) is 34.5 Å².